The molecule has 0 radical (unpaired) electrons. The maximum atomic E-state index is 2.51. The molecule has 1 saturated heterocycles. The predicted molar refractivity (Wildman–Crippen MR) is 51.8 cm³/mol. The summed E-state index contributed by atoms with van der Waals surface area (Å²) in [6.07, 6.45) is 11.0. The summed E-state index contributed by atoms with van der Waals surface area (Å²) in [6, 6.07) is 0. The van der Waals surface area contributed by atoms with Crippen LogP contribution in [0.3, 0.4) is 0 Å². The molecule has 12 heavy (non-hydrogen) atoms. The Labute approximate surface area is 74.8 Å². The van der Waals surface area contributed by atoms with Crippen molar-refractivity contribution in [3.8, 4) is 0 Å². The van der Waals surface area contributed by atoms with Crippen LogP contribution in [-0.4, -0.2) is 18.0 Å². The summed E-state index contributed by atoms with van der Waals surface area (Å²) in [5.41, 5.74) is 1.46. The lowest BCUT2D eigenvalue weighted by atomic mass is 10.0. The van der Waals surface area contributed by atoms with Gasteiger partial charge in [-0.15, -0.1) is 0 Å². The number of allylic oxidation sites excluding steroid dienone is 3. The molecule has 1 aliphatic carbocycles. The van der Waals surface area contributed by atoms with Crippen molar-refractivity contribution in [2.24, 2.45) is 5.92 Å². The largest absolute Gasteiger partial charge is 0.372 e. The summed E-state index contributed by atoms with van der Waals surface area (Å²) in [4.78, 5) is 2.51. The standard InChI is InChI=1S/C11H17N/c1-10-5-4-6-11(9-10)12-7-2-3-8-12/h4,6,9-10H,2-3,5,7-8H2,1H3. The van der Waals surface area contributed by atoms with Gasteiger partial charge >= 0.3 is 0 Å². The van der Waals surface area contributed by atoms with E-state index in [1.807, 2.05) is 0 Å². The van der Waals surface area contributed by atoms with Gasteiger partial charge in [0.15, 0.2) is 0 Å². The van der Waals surface area contributed by atoms with E-state index in [2.05, 4.69) is 30.1 Å². The quantitative estimate of drug-likeness (QED) is 0.574. The van der Waals surface area contributed by atoms with E-state index in [1.54, 1.807) is 0 Å². The Kier molecular flexibility index (Phi) is 2.20. The smallest absolute Gasteiger partial charge is 0.0325 e. The van der Waals surface area contributed by atoms with E-state index in [0.29, 0.717) is 0 Å². The average Bonchev–Trinajstić information content (AvgIpc) is 2.56. The van der Waals surface area contributed by atoms with E-state index >= 15 is 0 Å². The lowest BCUT2D eigenvalue weighted by Gasteiger charge is -2.22. The van der Waals surface area contributed by atoms with Crippen LogP contribution in [0.15, 0.2) is 23.9 Å². The number of hydrogen-bond donors (Lipinski definition) is 0. The molecule has 0 aromatic heterocycles. The molecule has 66 valence electrons. The van der Waals surface area contributed by atoms with Crippen molar-refractivity contribution in [2.45, 2.75) is 26.2 Å². The van der Waals surface area contributed by atoms with Crippen LogP contribution in [0.5, 0.6) is 0 Å². The van der Waals surface area contributed by atoms with E-state index in [-0.39, 0.29) is 0 Å². The third-order valence-electron chi connectivity index (χ3n) is 2.72. The van der Waals surface area contributed by atoms with Crippen LogP contribution in [0.2, 0.25) is 0 Å². The Morgan fingerprint density at radius 2 is 2.08 bits per heavy atom. The molecule has 2 aliphatic rings. The van der Waals surface area contributed by atoms with Crippen LogP contribution in [0, 0.1) is 5.92 Å². The van der Waals surface area contributed by atoms with E-state index < -0.39 is 0 Å². The highest BCUT2D eigenvalue weighted by Gasteiger charge is 2.14. The van der Waals surface area contributed by atoms with Gasteiger partial charge in [0, 0.05) is 18.8 Å². The molecule has 0 aromatic rings. The molecule has 1 aliphatic heterocycles. The molecule has 0 bridgehead atoms. The van der Waals surface area contributed by atoms with Crippen LogP contribution in [0.1, 0.15) is 26.2 Å². The van der Waals surface area contributed by atoms with Crippen molar-refractivity contribution in [3.63, 3.8) is 0 Å². The highest BCUT2D eigenvalue weighted by atomic mass is 15.1. The van der Waals surface area contributed by atoms with Crippen LogP contribution in [-0.2, 0) is 0 Å². The van der Waals surface area contributed by atoms with Crippen molar-refractivity contribution in [1.29, 1.82) is 0 Å². The monoisotopic (exact) mass is 163 g/mol. The molecule has 1 unspecified atom stereocenters. The maximum Gasteiger partial charge on any atom is 0.0325 e. The summed E-state index contributed by atoms with van der Waals surface area (Å²) < 4.78 is 0. The zero-order valence-corrected chi connectivity index (χ0v) is 7.79. The molecule has 1 heteroatoms. The first-order valence-electron chi connectivity index (χ1n) is 4.99. The first-order valence-corrected chi connectivity index (χ1v) is 4.99. The van der Waals surface area contributed by atoms with Crippen molar-refractivity contribution in [2.75, 3.05) is 13.1 Å². The minimum atomic E-state index is 0.741. The molecule has 0 amide bonds. The summed E-state index contributed by atoms with van der Waals surface area (Å²) in [5.74, 6) is 0.741. The molecular formula is C11H17N. The van der Waals surface area contributed by atoms with Gasteiger partial charge in [-0.1, -0.05) is 19.1 Å². The second-order valence-electron chi connectivity index (χ2n) is 3.90. The number of likely N-dealkylation sites (tertiary alicyclic amines) is 1. The zero-order valence-electron chi connectivity index (χ0n) is 7.79. The molecule has 1 heterocycles. The summed E-state index contributed by atoms with van der Waals surface area (Å²) in [6.45, 7) is 4.82. The SMILES string of the molecule is CC1C=C(N2CCCC2)C=CC1. The minimum absolute atomic E-state index is 0.741. The topological polar surface area (TPSA) is 3.24 Å². The number of rotatable bonds is 1. The van der Waals surface area contributed by atoms with Crippen molar-refractivity contribution in [3.05, 3.63) is 23.9 Å². The lowest BCUT2D eigenvalue weighted by molar-refractivity contribution is 0.431. The highest BCUT2D eigenvalue weighted by molar-refractivity contribution is 5.23. The van der Waals surface area contributed by atoms with Crippen molar-refractivity contribution in [1.82, 2.24) is 4.90 Å². The van der Waals surface area contributed by atoms with Gasteiger partial charge in [-0.2, -0.15) is 0 Å². The van der Waals surface area contributed by atoms with Gasteiger partial charge in [0.05, 0.1) is 0 Å². The summed E-state index contributed by atoms with van der Waals surface area (Å²) in [5, 5.41) is 0. The number of hydrogen-bond acceptors (Lipinski definition) is 1. The van der Waals surface area contributed by atoms with Crippen LogP contribution in [0.4, 0.5) is 0 Å². The lowest BCUT2D eigenvalue weighted by Crippen LogP contribution is -2.19. The van der Waals surface area contributed by atoms with Gasteiger partial charge in [0.1, 0.15) is 0 Å². The molecule has 0 N–H and O–H groups in total. The maximum absolute atomic E-state index is 2.51. The van der Waals surface area contributed by atoms with Gasteiger partial charge in [0.2, 0.25) is 0 Å². The van der Waals surface area contributed by atoms with E-state index in [4.69, 9.17) is 0 Å². The second-order valence-corrected chi connectivity index (χ2v) is 3.90. The summed E-state index contributed by atoms with van der Waals surface area (Å²) in [7, 11) is 0. The van der Waals surface area contributed by atoms with Gasteiger partial charge in [0.25, 0.3) is 0 Å². The van der Waals surface area contributed by atoms with Gasteiger partial charge in [-0.05, 0) is 31.3 Å². The molecule has 2 rings (SSSR count). The third-order valence-corrected chi connectivity index (χ3v) is 2.72. The first kappa shape index (κ1) is 7.90. The first-order chi connectivity index (χ1) is 5.86. The third kappa shape index (κ3) is 1.55. The van der Waals surface area contributed by atoms with Crippen molar-refractivity contribution < 1.29 is 0 Å². The van der Waals surface area contributed by atoms with Crippen molar-refractivity contribution >= 4 is 0 Å². The second kappa shape index (κ2) is 3.34. The molecule has 1 atom stereocenters. The van der Waals surface area contributed by atoms with Crippen LogP contribution < -0.4 is 0 Å². The fourth-order valence-corrected chi connectivity index (χ4v) is 2.00. The number of nitrogens with zero attached hydrogens (tertiary/aromatic N) is 1. The zero-order chi connectivity index (χ0) is 8.39. The van der Waals surface area contributed by atoms with Gasteiger partial charge in [-0.3, -0.25) is 0 Å². The predicted octanol–water partition coefficient (Wildman–Crippen LogP) is 2.56. The van der Waals surface area contributed by atoms with Crippen LogP contribution >= 0.6 is 0 Å². The van der Waals surface area contributed by atoms with Crippen LogP contribution in [0.25, 0.3) is 0 Å². The molecule has 0 saturated carbocycles. The Balaban J connectivity index is 2.06. The fourth-order valence-electron chi connectivity index (χ4n) is 2.00. The Bertz CT molecular complexity index is 209. The molecular weight excluding hydrogens is 146 g/mol. The average molecular weight is 163 g/mol. The molecule has 0 aromatic carbocycles. The normalized spacial score (nSPS) is 29.2. The highest BCUT2D eigenvalue weighted by Crippen LogP contribution is 2.22. The molecule has 1 fully saturated rings. The van der Waals surface area contributed by atoms with Gasteiger partial charge in [-0.25, -0.2) is 0 Å². The van der Waals surface area contributed by atoms with Gasteiger partial charge < -0.3 is 4.90 Å². The van der Waals surface area contributed by atoms with E-state index in [0.717, 1.165) is 5.92 Å². The molecule has 1 nitrogen and oxygen atoms in total. The van der Waals surface area contributed by atoms with E-state index in [9.17, 15) is 0 Å². The summed E-state index contributed by atoms with van der Waals surface area (Å²) >= 11 is 0. The minimum Gasteiger partial charge on any atom is -0.372 e. The Morgan fingerprint density at radius 3 is 2.75 bits per heavy atom. The Morgan fingerprint density at radius 1 is 1.33 bits per heavy atom. The Hall–Kier alpha value is -0.720. The fraction of sp³-hybridized carbons (Fsp3) is 0.636. The van der Waals surface area contributed by atoms with E-state index in [1.165, 1.54) is 38.0 Å². The molecule has 0 spiro atoms.